The maximum atomic E-state index is 8.77. The quantitative estimate of drug-likeness (QED) is 0.248. The Bertz CT molecular complexity index is 219. The van der Waals surface area contributed by atoms with Crippen molar-refractivity contribution in [3.05, 3.63) is 0 Å². The van der Waals surface area contributed by atoms with Crippen LogP contribution in [0.5, 0.6) is 0 Å². The molecule has 0 aromatic carbocycles. The summed E-state index contributed by atoms with van der Waals surface area (Å²) in [5.74, 6) is 0. The lowest BCUT2D eigenvalue weighted by molar-refractivity contribution is -0.0900. The topological polar surface area (TPSA) is 176 Å². The van der Waals surface area contributed by atoms with Crippen LogP contribution in [0.3, 0.4) is 0 Å². The summed E-state index contributed by atoms with van der Waals surface area (Å²) in [6.07, 6.45) is -4.29. The summed E-state index contributed by atoms with van der Waals surface area (Å²) in [6.45, 7) is -1.28. The summed E-state index contributed by atoms with van der Waals surface area (Å²) < 4.78 is 31.6. The van der Waals surface area contributed by atoms with Gasteiger partial charge in [0.25, 0.3) is 0 Å². The van der Waals surface area contributed by atoms with Crippen molar-refractivity contribution < 1.29 is 43.1 Å². The molecule has 0 aromatic heterocycles. The average molecular weight is 250 g/mol. The van der Waals surface area contributed by atoms with E-state index in [0.29, 0.717) is 0 Å². The third-order valence-electron chi connectivity index (χ3n) is 1.16. The van der Waals surface area contributed by atoms with Crippen LogP contribution < -0.4 is 0 Å². The third-order valence-corrected chi connectivity index (χ3v) is 1.16. The van der Waals surface area contributed by atoms with Crippen LogP contribution in [0.15, 0.2) is 0 Å². The van der Waals surface area contributed by atoms with Gasteiger partial charge >= 0.3 is 10.4 Å². The van der Waals surface area contributed by atoms with E-state index in [4.69, 9.17) is 43.1 Å². The molecule has 15 heavy (non-hydrogen) atoms. The first-order chi connectivity index (χ1) is 6.63. The van der Waals surface area contributed by atoms with Gasteiger partial charge < -0.3 is 25.5 Å². The summed E-state index contributed by atoms with van der Waals surface area (Å²) in [5.41, 5.74) is 0. The van der Waals surface area contributed by atoms with Gasteiger partial charge in [-0.25, -0.2) is 0 Å². The van der Waals surface area contributed by atoms with E-state index in [1.54, 1.807) is 0 Å². The largest absolute Gasteiger partial charge is 0.394 e. The number of aliphatic hydroxyl groups excluding tert-OH is 5. The predicted molar refractivity (Wildman–Crippen MR) is 46.4 cm³/mol. The molecule has 7 N–H and O–H groups in total. The highest BCUT2D eigenvalue weighted by Gasteiger charge is 2.22. The highest BCUT2D eigenvalue weighted by molar-refractivity contribution is 7.79. The van der Waals surface area contributed by atoms with Crippen molar-refractivity contribution >= 4 is 10.4 Å². The van der Waals surface area contributed by atoms with Gasteiger partial charge in [0.2, 0.25) is 0 Å². The van der Waals surface area contributed by atoms with Gasteiger partial charge in [-0.1, -0.05) is 0 Å². The molecule has 0 radical (unpaired) electrons. The zero-order valence-electron chi connectivity index (χ0n) is 7.50. The smallest absolute Gasteiger partial charge is 0.394 e. The van der Waals surface area contributed by atoms with Crippen molar-refractivity contribution in [3.63, 3.8) is 0 Å². The number of rotatable bonds is 4. The molecule has 0 aliphatic carbocycles. The summed E-state index contributed by atoms with van der Waals surface area (Å²) in [7, 11) is -4.67. The van der Waals surface area contributed by atoms with Crippen molar-refractivity contribution in [3.8, 4) is 0 Å². The first kappa shape index (κ1) is 17.1. The molecule has 0 spiro atoms. The minimum absolute atomic E-state index is 0.641. The first-order valence-corrected chi connectivity index (χ1v) is 4.99. The standard InChI is InChI=1S/C5H12O5.H2O4S/c6-1-3(8)5(10)4(9)2-7;1-5(2,3)4/h3-10H,1-2H2;(H2,1,2,3,4). The van der Waals surface area contributed by atoms with Gasteiger partial charge in [0.1, 0.15) is 18.3 Å². The Hall–Kier alpha value is -0.330. The molecule has 0 amide bonds. The van der Waals surface area contributed by atoms with Gasteiger partial charge in [-0.15, -0.1) is 0 Å². The van der Waals surface area contributed by atoms with Crippen LogP contribution in [-0.2, 0) is 10.4 Å². The van der Waals surface area contributed by atoms with E-state index in [-0.39, 0.29) is 0 Å². The van der Waals surface area contributed by atoms with E-state index < -0.39 is 41.9 Å². The Kier molecular flexibility index (Phi) is 8.99. The SMILES string of the molecule is O=S(=O)(O)O.OCC(O)C(O)C(O)CO. The molecule has 0 aliphatic rings. The average Bonchev–Trinajstić information content (AvgIpc) is 2.11. The predicted octanol–water partition coefficient (Wildman–Crippen LogP) is -3.60. The summed E-state index contributed by atoms with van der Waals surface area (Å²) in [4.78, 5) is 0. The Morgan fingerprint density at radius 1 is 0.867 bits per heavy atom. The van der Waals surface area contributed by atoms with E-state index in [0.717, 1.165) is 0 Å². The maximum Gasteiger partial charge on any atom is 0.394 e. The Balaban J connectivity index is 0. The molecule has 0 bridgehead atoms. The van der Waals surface area contributed by atoms with E-state index >= 15 is 0 Å². The van der Waals surface area contributed by atoms with Crippen molar-refractivity contribution in [2.75, 3.05) is 13.2 Å². The van der Waals surface area contributed by atoms with Crippen molar-refractivity contribution in [2.24, 2.45) is 0 Å². The maximum absolute atomic E-state index is 8.77. The molecule has 0 saturated carbocycles. The second-order valence-corrected chi connectivity index (χ2v) is 3.33. The lowest BCUT2D eigenvalue weighted by Gasteiger charge is -2.19. The number of hydrogen-bond donors (Lipinski definition) is 7. The van der Waals surface area contributed by atoms with Crippen LogP contribution in [0, 0.1) is 0 Å². The minimum Gasteiger partial charge on any atom is -0.394 e. The van der Waals surface area contributed by atoms with Gasteiger partial charge in [0.15, 0.2) is 0 Å². The second-order valence-electron chi connectivity index (χ2n) is 2.44. The van der Waals surface area contributed by atoms with Gasteiger partial charge in [0, 0.05) is 0 Å². The molecule has 10 heteroatoms. The van der Waals surface area contributed by atoms with Crippen LogP contribution in [0.4, 0.5) is 0 Å². The van der Waals surface area contributed by atoms with Crippen LogP contribution in [0.1, 0.15) is 0 Å². The molecule has 0 saturated heterocycles. The Morgan fingerprint density at radius 2 is 1.07 bits per heavy atom. The van der Waals surface area contributed by atoms with Gasteiger partial charge in [-0.3, -0.25) is 9.11 Å². The molecule has 94 valence electrons. The molecule has 2 atom stereocenters. The zero-order valence-corrected chi connectivity index (χ0v) is 8.32. The lowest BCUT2D eigenvalue weighted by Crippen LogP contribution is -2.41. The summed E-state index contributed by atoms with van der Waals surface area (Å²) in [5, 5.41) is 42.6. The normalized spacial score (nSPS) is 17.3. The highest BCUT2D eigenvalue weighted by Crippen LogP contribution is 1.97. The van der Waals surface area contributed by atoms with Crippen LogP contribution in [-0.4, -0.2) is 74.6 Å². The van der Waals surface area contributed by atoms with Crippen LogP contribution in [0.25, 0.3) is 0 Å². The first-order valence-electron chi connectivity index (χ1n) is 3.59. The highest BCUT2D eigenvalue weighted by atomic mass is 32.3. The fraction of sp³-hybridized carbons (Fsp3) is 1.00. The molecule has 0 fully saturated rings. The number of aliphatic hydroxyl groups is 5. The second kappa shape index (κ2) is 7.90. The Labute approximate surface area is 85.8 Å². The molecular formula is C5H14O9S. The van der Waals surface area contributed by atoms with Crippen molar-refractivity contribution in [2.45, 2.75) is 18.3 Å². The van der Waals surface area contributed by atoms with E-state index in [9.17, 15) is 0 Å². The van der Waals surface area contributed by atoms with E-state index in [1.807, 2.05) is 0 Å². The molecular weight excluding hydrogens is 236 g/mol. The molecule has 0 aliphatic heterocycles. The monoisotopic (exact) mass is 250 g/mol. The van der Waals surface area contributed by atoms with E-state index in [1.165, 1.54) is 0 Å². The third kappa shape index (κ3) is 13.7. The van der Waals surface area contributed by atoms with Crippen molar-refractivity contribution in [1.82, 2.24) is 0 Å². The molecule has 0 heterocycles. The minimum atomic E-state index is -4.67. The van der Waals surface area contributed by atoms with Gasteiger partial charge in [0.05, 0.1) is 13.2 Å². The van der Waals surface area contributed by atoms with Crippen LogP contribution in [0.2, 0.25) is 0 Å². The van der Waals surface area contributed by atoms with E-state index in [2.05, 4.69) is 0 Å². The summed E-state index contributed by atoms with van der Waals surface area (Å²) in [6, 6.07) is 0. The molecule has 0 rings (SSSR count). The van der Waals surface area contributed by atoms with Crippen molar-refractivity contribution in [1.29, 1.82) is 0 Å². The fourth-order valence-corrected chi connectivity index (χ4v) is 0.472. The Morgan fingerprint density at radius 3 is 1.20 bits per heavy atom. The molecule has 2 unspecified atom stereocenters. The summed E-state index contributed by atoms with van der Waals surface area (Å²) >= 11 is 0. The zero-order chi connectivity index (χ0) is 12.6. The number of hydrogen-bond acceptors (Lipinski definition) is 7. The van der Waals surface area contributed by atoms with Gasteiger partial charge in [-0.2, -0.15) is 8.42 Å². The fourth-order valence-electron chi connectivity index (χ4n) is 0.472. The lowest BCUT2D eigenvalue weighted by atomic mass is 10.1. The van der Waals surface area contributed by atoms with Crippen LogP contribution >= 0.6 is 0 Å². The van der Waals surface area contributed by atoms with Gasteiger partial charge in [-0.05, 0) is 0 Å². The molecule has 9 nitrogen and oxygen atoms in total. The molecule has 0 aromatic rings.